The number of halogens is 1. The number of rotatable bonds is 5. The van der Waals surface area contributed by atoms with Crippen molar-refractivity contribution in [1.29, 1.82) is 0 Å². The standard InChI is InChI=1S/C19H19NO5S.ClH/c21-8-9-24-18-11-14(26(22,23)13-4-2-1-3-5-13)10-15-16-12-20-7-6-17(16)25-19(15)18;/h1-5,10-11,20-21H,6-9,12H2;1H. The van der Waals surface area contributed by atoms with Gasteiger partial charge in [-0.05, 0) is 18.2 Å². The fourth-order valence-corrected chi connectivity index (χ4v) is 4.53. The van der Waals surface area contributed by atoms with Gasteiger partial charge in [-0.25, -0.2) is 8.42 Å². The minimum atomic E-state index is -3.69. The predicted octanol–water partition coefficient (Wildman–Crippen LogP) is 2.70. The SMILES string of the molecule is Cl.O=S(=O)(c1ccccc1)c1cc(OCCO)c2oc3c(c2c1)CNCC3. The van der Waals surface area contributed by atoms with Crippen LogP contribution >= 0.6 is 12.4 Å². The van der Waals surface area contributed by atoms with E-state index in [-0.39, 0.29) is 35.4 Å². The fourth-order valence-electron chi connectivity index (χ4n) is 3.21. The Labute approximate surface area is 163 Å². The largest absolute Gasteiger partial charge is 0.487 e. The van der Waals surface area contributed by atoms with Gasteiger partial charge in [0.05, 0.1) is 16.4 Å². The lowest BCUT2D eigenvalue weighted by Gasteiger charge is -2.11. The number of benzene rings is 2. The molecule has 0 aliphatic carbocycles. The number of nitrogens with one attached hydrogen (secondary N) is 1. The van der Waals surface area contributed by atoms with E-state index in [1.165, 1.54) is 6.07 Å². The maximum absolute atomic E-state index is 13.0. The first-order chi connectivity index (χ1) is 12.6. The molecule has 0 amide bonds. The van der Waals surface area contributed by atoms with E-state index in [4.69, 9.17) is 14.3 Å². The minimum Gasteiger partial charge on any atom is -0.487 e. The molecule has 0 bridgehead atoms. The second-order valence-corrected chi connectivity index (χ2v) is 8.07. The Morgan fingerprint density at radius 1 is 1.15 bits per heavy atom. The van der Waals surface area contributed by atoms with Crippen molar-refractivity contribution in [2.24, 2.45) is 0 Å². The summed E-state index contributed by atoms with van der Waals surface area (Å²) >= 11 is 0. The highest BCUT2D eigenvalue weighted by Gasteiger charge is 2.25. The molecule has 144 valence electrons. The molecule has 0 spiro atoms. The average Bonchev–Trinajstić information content (AvgIpc) is 3.05. The summed E-state index contributed by atoms with van der Waals surface area (Å²) in [5.74, 6) is 1.18. The summed E-state index contributed by atoms with van der Waals surface area (Å²) in [6.07, 6.45) is 0.740. The normalized spacial score (nSPS) is 13.8. The molecule has 3 aromatic rings. The third-order valence-electron chi connectivity index (χ3n) is 4.46. The molecule has 0 radical (unpaired) electrons. The molecular weight excluding hydrogens is 390 g/mol. The number of fused-ring (bicyclic) bond motifs is 3. The molecule has 0 saturated heterocycles. The van der Waals surface area contributed by atoms with Gasteiger partial charge >= 0.3 is 0 Å². The van der Waals surface area contributed by atoms with Gasteiger partial charge in [-0.2, -0.15) is 0 Å². The summed E-state index contributed by atoms with van der Waals surface area (Å²) in [4.78, 5) is 0.376. The third kappa shape index (κ3) is 3.55. The van der Waals surface area contributed by atoms with Crippen molar-refractivity contribution in [3.63, 3.8) is 0 Å². The molecule has 1 aliphatic rings. The molecule has 0 atom stereocenters. The van der Waals surface area contributed by atoms with Crippen molar-refractivity contribution in [2.75, 3.05) is 19.8 Å². The first-order valence-electron chi connectivity index (χ1n) is 8.44. The highest BCUT2D eigenvalue weighted by atomic mass is 35.5. The maximum Gasteiger partial charge on any atom is 0.206 e. The Kier molecular flexibility index (Phi) is 5.76. The van der Waals surface area contributed by atoms with Crippen molar-refractivity contribution in [1.82, 2.24) is 5.32 Å². The van der Waals surface area contributed by atoms with E-state index in [2.05, 4.69) is 5.32 Å². The number of furan rings is 1. The van der Waals surface area contributed by atoms with Crippen LogP contribution < -0.4 is 10.1 Å². The topological polar surface area (TPSA) is 88.8 Å². The van der Waals surface area contributed by atoms with Gasteiger partial charge in [0, 0.05) is 36.5 Å². The minimum absolute atomic E-state index is 0. The Balaban J connectivity index is 0.00000210. The first kappa shape index (κ1) is 19.7. The van der Waals surface area contributed by atoms with Gasteiger partial charge in [0.25, 0.3) is 0 Å². The van der Waals surface area contributed by atoms with E-state index in [9.17, 15) is 8.42 Å². The Morgan fingerprint density at radius 2 is 1.93 bits per heavy atom. The zero-order valence-corrected chi connectivity index (χ0v) is 16.1. The summed E-state index contributed by atoms with van der Waals surface area (Å²) in [7, 11) is -3.69. The molecule has 0 unspecified atom stereocenters. The van der Waals surface area contributed by atoms with Gasteiger partial charge in [0.15, 0.2) is 11.3 Å². The van der Waals surface area contributed by atoms with Crippen LogP contribution in [-0.2, 0) is 22.8 Å². The van der Waals surface area contributed by atoms with Crippen LogP contribution in [0.5, 0.6) is 5.75 Å². The molecule has 0 saturated carbocycles. The molecule has 0 fully saturated rings. The lowest BCUT2D eigenvalue weighted by molar-refractivity contribution is 0.201. The quantitative estimate of drug-likeness (QED) is 0.673. The second-order valence-electron chi connectivity index (χ2n) is 6.12. The molecule has 27 heavy (non-hydrogen) atoms. The Morgan fingerprint density at radius 3 is 2.67 bits per heavy atom. The van der Waals surface area contributed by atoms with Crippen molar-refractivity contribution >= 4 is 33.2 Å². The van der Waals surface area contributed by atoms with Crippen LogP contribution in [0.25, 0.3) is 11.0 Å². The van der Waals surface area contributed by atoms with Crippen molar-refractivity contribution in [2.45, 2.75) is 22.8 Å². The van der Waals surface area contributed by atoms with Gasteiger partial charge in [0.1, 0.15) is 12.4 Å². The molecule has 1 aromatic heterocycles. The molecule has 6 nitrogen and oxygen atoms in total. The number of hydrogen-bond acceptors (Lipinski definition) is 6. The van der Waals surface area contributed by atoms with Crippen LogP contribution in [0.1, 0.15) is 11.3 Å². The van der Waals surface area contributed by atoms with Crippen LogP contribution in [0.4, 0.5) is 0 Å². The summed E-state index contributed by atoms with van der Waals surface area (Å²) in [6.45, 7) is 1.33. The van der Waals surface area contributed by atoms with Crippen molar-refractivity contribution < 1.29 is 22.7 Å². The van der Waals surface area contributed by atoms with Gasteiger partial charge in [-0.3, -0.25) is 0 Å². The van der Waals surface area contributed by atoms with Gasteiger partial charge < -0.3 is 19.6 Å². The molecule has 2 aromatic carbocycles. The molecule has 2 heterocycles. The number of aliphatic hydroxyl groups excluding tert-OH is 1. The van der Waals surface area contributed by atoms with Crippen LogP contribution in [0.3, 0.4) is 0 Å². The highest BCUT2D eigenvalue weighted by molar-refractivity contribution is 7.91. The van der Waals surface area contributed by atoms with E-state index in [1.54, 1.807) is 36.4 Å². The van der Waals surface area contributed by atoms with Crippen LogP contribution in [0.15, 0.2) is 56.7 Å². The summed E-state index contributed by atoms with van der Waals surface area (Å²) < 4.78 is 37.6. The van der Waals surface area contributed by atoms with Gasteiger partial charge in [-0.15, -0.1) is 12.4 Å². The van der Waals surface area contributed by atoms with Gasteiger partial charge in [-0.1, -0.05) is 18.2 Å². The third-order valence-corrected chi connectivity index (χ3v) is 6.21. The zero-order chi connectivity index (χ0) is 18.1. The van der Waals surface area contributed by atoms with Gasteiger partial charge in [0.2, 0.25) is 9.84 Å². The Bertz CT molecular complexity index is 1050. The number of hydrogen-bond donors (Lipinski definition) is 2. The van der Waals surface area contributed by atoms with Crippen molar-refractivity contribution in [3.05, 3.63) is 53.8 Å². The summed E-state index contributed by atoms with van der Waals surface area (Å²) in [5.41, 5.74) is 1.49. The molecule has 1 aliphatic heterocycles. The number of sulfone groups is 1. The monoisotopic (exact) mass is 409 g/mol. The summed E-state index contributed by atoms with van der Waals surface area (Å²) in [6, 6.07) is 11.4. The lowest BCUT2D eigenvalue weighted by Crippen LogP contribution is -2.22. The summed E-state index contributed by atoms with van der Waals surface area (Å²) in [5, 5.41) is 13.1. The first-order valence-corrected chi connectivity index (χ1v) is 9.92. The van der Waals surface area contributed by atoms with Crippen LogP contribution in [0.2, 0.25) is 0 Å². The van der Waals surface area contributed by atoms with Crippen LogP contribution in [-0.4, -0.2) is 33.3 Å². The maximum atomic E-state index is 13.0. The van der Waals surface area contributed by atoms with E-state index < -0.39 is 9.84 Å². The van der Waals surface area contributed by atoms with E-state index in [0.29, 0.717) is 17.9 Å². The van der Waals surface area contributed by atoms with Crippen LogP contribution in [0, 0.1) is 0 Å². The smallest absolute Gasteiger partial charge is 0.206 e. The molecular formula is C19H20ClNO5S. The zero-order valence-electron chi connectivity index (χ0n) is 14.5. The highest BCUT2D eigenvalue weighted by Crippen LogP contribution is 2.38. The molecule has 8 heteroatoms. The average molecular weight is 410 g/mol. The second kappa shape index (κ2) is 7.90. The predicted molar refractivity (Wildman–Crippen MR) is 103 cm³/mol. The number of aliphatic hydroxyl groups is 1. The lowest BCUT2D eigenvalue weighted by atomic mass is 10.1. The molecule has 2 N–H and O–H groups in total. The van der Waals surface area contributed by atoms with E-state index >= 15 is 0 Å². The molecule has 4 rings (SSSR count). The fraction of sp³-hybridized carbons (Fsp3) is 0.263. The Hall–Kier alpha value is -2.06. The van der Waals surface area contributed by atoms with Crippen molar-refractivity contribution in [3.8, 4) is 5.75 Å². The number of ether oxygens (including phenoxy) is 1. The van der Waals surface area contributed by atoms with E-state index in [1.807, 2.05) is 0 Å². The van der Waals surface area contributed by atoms with E-state index in [0.717, 1.165) is 29.7 Å².